The molecule has 0 aliphatic rings. The molecule has 2 N–H and O–H groups in total. The highest BCUT2D eigenvalue weighted by Crippen LogP contribution is 2.19. The first-order valence-corrected chi connectivity index (χ1v) is 6.41. The highest BCUT2D eigenvalue weighted by atomic mass is 79.9. The number of carbonyl (C=O) groups excluding carboxylic acids is 1. The van der Waals surface area contributed by atoms with Gasteiger partial charge in [0, 0.05) is 4.47 Å². The Kier molecular flexibility index (Phi) is 4.51. The molecule has 0 radical (unpaired) electrons. The zero-order valence-corrected chi connectivity index (χ0v) is 12.2. The van der Waals surface area contributed by atoms with Crippen LogP contribution < -0.4 is 5.32 Å². The topological polar surface area (TPSA) is 66.4 Å². The van der Waals surface area contributed by atoms with Crippen molar-refractivity contribution in [3.63, 3.8) is 0 Å². The molecule has 98 valence electrons. The van der Waals surface area contributed by atoms with Gasteiger partial charge >= 0.3 is 5.97 Å². The van der Waals surface area contributed by atoms with E-state index >= 15 is 0 Å². The van der Waals surface area contributed by atoms with Crippen LogP contribution in [0.2, 0.25) is 0 Å². The molecule has 0 aliphatic heterocycles. The maximum Gasteiger partial charge on any atom is 0.329 e. The van der Waals surface area contributed by atoms with Gasteiger partial charge < -0.3 is 10.4 Å². The van der Waals surface area contributed by atoms with Crippen molar-refractivity contribution in [1.29, 1.82) is 0 Å². The van der Waals surface area contributed by atoms with E-state index in [1.807, 2.05) is 13.0 Å². The van der Waals surface area contributed by atoms with Crippen LogP contribution in [0.3, 0.4) is 0 Å². The third-order valence-corrected chi connectivity index (χ3v) is 3.63. The number of aliphatic carboxylic acids is 1. The fourth-order valence-corrected chi connectivity index (χ4v) is 1.85. The minimum absolute atomic E-state index is 0.317. The second-order valence-electron chi connectivity index (χ2n) is 4.43. The normalized spacial score (nSPS) is 13.8. The molecule has 5 heteroatoms. The standard InChI is InChI=1S/C13H16BrNO3/c1-4-13(3,12(17)18)15-11(16)9-7-8(2)5-6-10(9)14/h5-7H,4H2,1-3H3,(H,15,16)(H,17,18). The van der Waals surface area contributed by atoms with Crippen LogP contribution in [0.5, 0.6) is 0 Å². The molecule has 0 bridgehead atoms. The SMILES string of the molecule is CCC(C)(NC(=O)c1cc(C)ccc1Br)C(=O)O. The van der Waals surface area contributed by atoms with E-state index in [2.05, 4.69) is 21.2 Å². The second kappa shape index (κ2) is 5.52. The van der Waals surface area contributed by atoms with Crippen molar-refractivity contribution in [2.75, 3.05) is 0 Å². The van der Waals surface area contributed by atoms with Crippen molar-refractivity contribution < 1.29 is 14.7 Å². The Hall–Kier alpha value is -1.36. The van der Waals surface area contributed by atoms with E-state index < -0.39 is 17.4 Å². The first kappa shape index (κ1) is 14.7. The lowest BCUT2D eigenvalue weighted by Crippen LogP contribution is -2.51. The van der Waals surface area contributed by atoms with E-state index in [1.165, 1.54) is 6.92 Å². The molecule has 4 nitrogen and oxygen atoms in total. The summed E-state index contributed by atoms with van der Waals surface area (Å²) in [6.45, 7) is 5.09. The first-order valence-electron chi connectivity index (χ1n) is 5.62. The fourth-order valence-electron chi connectivity index (χ4n) is 1.42. The number of carbonyl (C=O) groups is 2. The van der Waals surface area contributed by atoms with Gasteiger partial charge in [0.25, 0.3) is 5.91 Å². The highest BCUT2D eigenvalue weighted by Gasteiger charge is 2.33. The molecule has 0 aliphatic carbocycles. The van der Waals surface area contributed by atoms with Gasteiger partial charge in [0.2, 0.25) is 0 Å². The smallest absolute Gasteiger partial charge is 0.329 e. The van der Waals surface area contributed by atoms with Crippen LogP contribution in [-0.2, 0) is 4.79 Å². The van der Waals surface area contributed by atoms with Gasteiger partial charge in [-0.1, -0.05) is 18.6 Å². The number of carboxylic acid groups (broad SMARTS) is 1. The molecule has 0 fully saturated rings. The van der Waals surface area contributed by atoms with Crippen LogP contribution >= 0.6 is 15.9 Å². The Bertz CT molecular complexity index is 487. The summed E-state index contributed by atoms with van der Waals surface area (Å²) in [4.78, 5) is 23.2. The molecule has 1 amide bonds. The minimum Gasteiger partial charge on any atom is -0.480 e. The zero-order chi connectivity index (χ0) is 13.9. The Labute approximate surface area is 115 Å². The van der Waals surface area contributed by atoms with Crippen LogP contribution in [0.15, 0.2) is 22.7 Å². The summed E-state index contributed by atoms with van der Waals surface area (Å²) >= 11 is 3.29. The van der Waals surface area contributed by atoms with E-state index in [0.717, 1.165) is 5.56 Å². The van der Waals surface area contributed by atoms with Gasteiger partial charge in [0.05, 0.1) is 5.56 Å². The van der Waals surface area contributed by atoms with E-state index in [-0.39, 0.29) is 0 Å². The molecule has 1 aromatic carbocycles. The number of hydrogen-bond acceptors (Lipinski definition) is 2. The van der Waals surface area contributed by atoms with Crippen LogP contribution in [0.4, 0.5) is 0 Å². The average molecular weight is 314 g/mol. The van der Waals surface area contributed by atoms with Gasteiger partial charge in [-0.2, -0.15) is 0 Å². The number of carboxylic acids is 1. The summed E-state index contributed by atoms with van der Waals surface area (Å²) in [5.74, 6) is -1.43. The van der Waals surface area contributed by atoms with Gasteiger partial charge in [-0.05, 0) is 48.3 Å². The third-order valence-electron chi connectivity index (χ3n) is 2.94. The van der Waals surface area contributed by atoms with Gasteiger partial charge in [-0.15, -0.1) is 0 Å². The maximum atomic E-state index is 12.1. The van der Waals surface area contributed by atoms with Gasteiger partial charge in [0.1, 0.15) is 5.54 Å². The highest BCUT2D eigenvalue weighted by molar-refractivity contribution is 9.10. The van der Waals surface area contributed by atoms with Gasteiger partial charge in [0.15, 0.2) is 0 Å². The summed E-state index contributed by atoms with van der Waals surface area (Å²) < 4.78 is 0.648. The predicted octanol–water partition coefficient (Wildman–Crippen LogP) is 2.74. The van der Waals surface area contributed by atoms with Crippen LogP contribution in [-0.4, -0.2) is 22.5 Å². The van der Waals surface area contributed by atoms with Crippen molar-refractivity contribution in [3.8, 4) is 0 Å². The molecule has 1 atom stereocenters. The largest absolute Gasteiger partial charge is 0.480 e. The van der Waals surface area contributed by atoms with Crippen molar-refractivity contribution >= 4 is 27.8 Å². The lowest BCUT2D eigenvalue weighted by Gasteiger charge is -2.24. The summed E-state index contributed by atoms with van der Waals surface area (Å²) in [5.41, 5.74) is 0.132. The molecule has 0 heterocycles. The monoisotopic (exact) mass is 313 g/mol. The quantitative estimate of drug-likeness (QED) is 0.898. The predicted molar refractivity (Wildman–Crippen MR) is 72.7 cm³/mol. The molecular weight excluding hydrogens is 298 g/mol. The molecule has 1 rings (SSSR count). The number of aryl methyl sites for hydroxylation is 1. The number of amides is 1. The number of rotatable bonds is 4. The summed E-state index contributed by atoms with van der Waals surface area (Å²) in [6, 6.07) is 5.36. The Balaban J connectivity index is 3.02. The molecule has 0 saturated heterocycles. The molecule has 1 aromatic rings. The number of hydrogen-bond donors (Lipinski definition) is 2. The summed E-state index contributed by atoms with van der Waals surface area (Å²) in [5, 5.41) is 11.7. The lowest BCUT2D eigenvalue weighted by molar-refractivity contribution is -0.143. The van der Waals surface area contributed by atoms with E-state index in [1.54, 1.807) is 19.1 Å². The summed E-state index contributed by atoms with van der Waals surface area (Å²) in [7, 11) is 0. The molecule has 1 unspecified atom stereocenters. The Morgan fingerprint density at radius 1 is 1.44 bits per heavy atom. The lowest BCUT2D eigenvalue weighted by atomic mass is 9.98. The molecular formula is C13H16BrNO3. The summed E-state index contributed by atoms with van der Waals surface area (Å²) in [6.07, 6.45) is 0.317. The van der Waals surface area contributed by atoms with Crippen LogP contribution in [0, 0.1) is 6.92 Å². The van der Waals surface area contributed by atoms with Gasteiger partial charge in [-0.25, -0.2) is 4.79 Å². The molecule has 0 aromatic heterocycles. The maximum absolute atomic E-state index is 12.1. The number of halogens is 1. The molecule has 0 saturated carbocycles. The fraction of sp³-hybridized carbons (Fsp3) is 0.385. The number of benzene rings is 1. The van der Waals surface area contributed by atoms with E-state index in [9.17, 15) is 9.59 Å². The van der Waals surface area contributed by atoms with Crippen LogP contribution in [0.25, 0.3) is 0 Å². The Morgan fingerprint density at radius 2 is 2.06 bits per heavy atom. The first-order chi connectivity index (χ1) is 8.30. The van der Waals surface area contributed by atoms with Crippen molar-refractivity contribution in [1.82, 2.24) is 5.32 Å². The average Bonchev–Trinajstić information content (AvgIpc) is 2.31. The Morgan fingerprint density at radius 3 is 2.56 bits per heavy atom. The van der Waals surface area contributed by atoms with Gasteiger partial charge in [-0.3, -0.25) is 4.79 Å². The van der Waals surface area contributed by atoms with Crippen molar-refractivity contribution in [2.45, 2.75) is 32.7 Å². The van der Waals surface area contributed by atoms with E-state index in [4.69, 9.17) is 5.11 Å². The zero-order valence-electron chi connectivity index (χ0n) is 10.6. The number of nitrogens with one attached hydrogen (secondary N) is 1. The molecule has 18 heavy (non-hydrogen) atoms. The molecule has 0 spiro atoms. The second-order valence-corrected chi connectivity index (χ2v) is 5.28. The van der Waals surface area contributed by atoms with E-state index in [0.29, 0.717) is 16.5 Å². The third kappa shape index (κ3) is 3.10. The van der Waals surface area contributed by atoms with Crippen molar-refractivity contribution in [2.24, 2.45) is 0 Å². The van der Waals surface area contributed by atoms with Crippen molar-refractivity contribution in [3.05, 3.63) is 33.8 Å². The van der Waals surface area contributed by atoms with Crippen LogP contribution in [0.1, 0.15) is 36.2 Å². The minimum atomic E-state index is -1.25.